The predicted molar refractivity (Wildman–Crippen MR) is 120 cm³/mol. The summed E-state index contributed by atoms with van der Waals surface area (Å²) in [5.41, 5.74) is 3.55. The molecule has 2 aromatic carbocycles. The second-order valence-corrected chi connectivity index (χ2v) is 8.75. The van der Waals surface area contributed by atoms with E-state index in [1.807, 2.05) is 51.9 Å². The fourth-order valence-corrected chi connectivity index (χ4v) is 4.41. The SMILES string of the molecule is O=C(c1ccc(-c2ccc3ncn(CCO)c3c2)cc1)N1CCN(C(O)C2(O)CC2)CC1. The van der Waals surface area contributed by atoms with Crippen LogP contribution in [0.1, 0.15) is 23.2 Å². The molecule has 1 amide bonds. The van der Waals surface area contributed by atoms with Crippen LogP contribution in [0.2, 0.25) is 0 Å². The molecule has 3 N–H and O–H groups in total. The second-order valence-electron chi connectivity index (χ2n) is 8.75. The molecular formula is C24H28N4O4. The zero-order chi connectivity index (χ0) is 22.3. The molecule has 1 aliphatic heterocycles. The first-order valence-electron chi connectivity index (χ1n) is 11.1. The van der Waals surface area contributed by atoms with Crippen LogP contribution in [0.15, 0.2) is 48.8 Å². The molecule has 1 aliphatic carbocycles. The van der Waals surface area contributed by atoms with Gasteiger partial charge in [0.25, 0.3) is 5.91 Å². The number of fused-ring (bicyclic) bond motifs is 1. The highest BCUT2D eigenvalue weighted by atomic mass is 16.4. The molecule has 0 bridgehead atoms. The van der Waals surface area contributed by atoms with E-state index >= 15 is 0 Å². The predicted octanol–water partition coefficient (Wildman–Crippen LogP) is 1.30. The highest BCUT2D eigenvalue weighted by molar-refractivity contribution is 5.95. The number of nitrogens with zero attached hydrogens (tertiary/aromatic N) is 4. The average molecular weight is 437 g/mol. The summed E-state index contributed by atoms with van der Waals surface area (Å²) >= 11 is 0. The van der Waals surface area contributed by atoms with Crippen molar-refractivity contribution < 1.29 is 20.1 Å². The minimum Gasteiger partial charge on any atom is -0.395 e. The number of hydrogen-bond acceptors (Lipinski definition) is 6. The summed E-state index contributed by atoms with van der Waals surface area (Å²) in [4.78, 5) is 21.0. The number of carbonyl (C=O) groups excluding carboxylic acids is 1. The van der Waals surface area contributed by atoms with E-state index in [-0.39, 0.29) is 12.5 Å². The van der Waals surface area contributed by atoms with Crippen molar-refractivity contribution in [2.75, 3.05) is 32.8 Å². The third-order valence-electron chi connectivity index (χ3n) is 6.62. The van der Waals surface area contributed by atoms with Crippen LogP contribution in [-0.2, 0) is 6.54 Å². The Bertz CT molecular complexity index is 1110. The van der Waals surface area contributed by atoms with Crippen molar-refractivity contribution >= 4 is 16.9 Å². The monoisotopic (exact) mass is 436 g/mol. The molecule has 1 saturated heterocycles. The van der Waals surface area contributed by atoms with Gasteiger partial charge in [0.15, 0.2) is 0 Å². The maximum atomic E-state index is 13.0. The molecule has 168 valence electrons. The van der Waals surface area contributed by atoms with Crippen LogP contribution < -0.4 is 0 Å². The van der Waals surface area contributed by atoms with E-state index in [1.54, 1.807) is 11.2 Å². The third kappa shape index (κ3) is 3.91. The zero-order valence-corrected chi connectivity index (χ0v) is 17.9. The normalized spacial score (nSPS) is 19.3. The highest BCUT2D eigenvalue weighted by Gasteiger charge is 2.50. The Kier molecular flexibility index (Phi) is 5.46. The number of aliphatic hydroxyl groups is 3. The topological polar surface area (TPSA) is 102 Å². The molecule has 2 heterocycles. The number of aromatic nitrogens is 2. The average Bonchev–Trinajstić information content (AvgIpc) is 3.47. The lowest BCUT2D eigenvalue weighted by atomic mass is 10.0. The molecule has 8 heteroatoms. The van der Waals surface area contributed by atoms with Gasteiger partial charge in [-0.15, -0.1) is 0 Å². The number of amides is 1. The minimum absolute atomic E-state index is 0.0210. The molecule has 5 rings (SSSR count). The third-order valence-corrected chi connectivity index (χ3v) is 6.62. The Balaban J connectivity index is 1.26. The van der Waals surface area contributed by atoms with Gasteiger partial charge in [-0.05, 0) is 48.2 Å². The van der Waals surface area contributed by atoms with E-state index < -0.39 is 11.8 Å². The fraction of sp³-hybridized carbons (Fsp3) is 0.417. The molecule has 3 aromatic rings. The summed E-state index contributed by atoms with van der Waals surface area (Å²) in [7, 11) is 0. The van der Waals surface area contributed by atoms with Crippen LogP contribution >= 0.6 is 0 Å². The van der Waals surface area contributed by atoms with Crippen molar-refractivity contribution in [3.63, 3.8) is 0 Å². The number of hydrogen-bond donors (Lipinski definition) is 3. The Morgan fingerprint density at radius 3 is 2.38 bits per heavy atom. The molecule has 1 saturated carbocycles. The lowest BCUT2D eigenvalue weighted by Crippen LogP contribution is -2.55. The van der Waals surface area contributed by atoms with E-state index in [0.29, 0.717) is 51.1 Å². The number of imidazole rings is 1. The molecule has 1 aromatic heterocycles. The van der Waals surface area contributed by atoms with Gasteiger partial charge in [0, 0.05) is 38.3 Å². The Morgan fingerprint density at radius 1 is 1.03 bits per heavy atom. The van der Waals surface area contributed by atoms with Crippen LogP contribution in [0.25, 0.3) is 22.2 Å². The summed E-state index contributed by atoms with van der Waals surface area (Å²) in [6.45, 7) is 2.71. The van der Waals surface area contributed by atoms with E-state index in [1.165, 1.54) is 0 Å². The molecule has 8 nitrogen and oxygen atoms in total. The van der Waals surface area contributed by atoms with E-state index in [2.05, 4.69) is 4.98 Å². The van der Waals surface area contributed by atoms with Gasteiger partial charge in [0.05, 0.1) is 24.0 Å². The van der Waals surface area contributed by atoms with Gasteiger partial charge < -0.3 is 24.8 Å². The van der Waals surface area contributed by atoms with Crippen LogP contribution in [0.5, 0.6) is 0 Å². The largest absolute Gasteiger partial charge is 0.395 e. The first-order chi connectivity index (χ1) is 15.5. The molecular weight excluding hydrogens is 408 g/mol. The Morgan fingerprint density at radius 2 is 1.72 bits per heavy atom. The van der Waals surface area contributed by atoms with Crippen molar-refractivity contribution in [3.8, 4) is 11.1 Å². The smallest absolute Gasteiger partial charge is 0.253 e. The van der Waals surface area contributed by atoms with Gasteiger partial charge in [-0.2, -0.15) is 0 Å². The zero-order valence-electron chi connectivity index (χ0n) is 17.9. The lowest BCUT2D eigenvalue weighted by Gasteiger charge is -2.38. The first-order valence-corrected chi connectivity index (χ1v) is 11.1. The molecule has 32 heavy (non-hydrogen) atoms. The van der Waals surface area contributed by atoms with Gasteiger partial charge in [-0.3, -0.25) is 9.69 Å². The van der Waals surface area contributed by atoms with Gasteiger partial charge in [0.1, 0.15) is 11.8 Å². The number of carbonyl (C=O) groups is 1. The molecule has 0 spiro atoms. The molecule has 0 radical (unpaired) electrons. The number of benzene rings is 2. The molecule has 1 atom stereocenters. The Labute approximate surface area is 186 Å². The van der Waals surface area contributed by atoms with Crippen molar-refractivity contribution in [2.24, 2.45) is 0 Å². The van der Waals surface area contributed by atoms with Crippen molar-refractivity contribution in [3.05, 3.63) is 54.4 Å². The number of rotatable bonds is 6. The highest BCUT2D eigenvalue weighted by Crippen LogP contribution is 2.39. The second kappa shape index (κ2) is 8.29. The van der Waals surface area contributed by atoms with Crippen molar-refractivity contribution in [1.29, 1.82) is 0 Å². The van der Waals surface area contributed by atoms with Crippen LogP contribution in [0, 0.1) is 0 Å². The maximum absolute atomic E-state index is 13.0. The van der Waals surface area contributed by atoms with E-state index in [0.717, 1.165) is 22.2 Å². The van der Waals surface area contributed by atoms with Gasteiger partial charge in [-0.25, -0.2) is 4.98 Å². The summed E-state index contributed by atoms with van der Waals surface area (Å²) in [5, 5.41) is 29.7. The van der Waals surface area contributed by atoms with E-state index in [4.69, 9.17) is 0 Å². The van der Waals surface area contributed by atoms with Crippen molar-refractivity contribution in [1.82, 2.24) is 19.4 Å². The van der Waals surface area contributed by atoms with Crippen molar-refractivity contribution in [2.45, 2.75) is 31.2 Å². The van der Waals surface area contributed by atoms with Crippen LogP contribution in [0.3, 0.4) is 0 Å². The Hall–Kier alpha value is -2.78. The number of piperazine rings is 1. The summed E-state index contributed by atoms with van der Waals surface area (Å²) in [5.74, 6) is -0.0210. The first kappa shape index (κ1) is 21.1. The standard InChI is InChI=1S/C24H28N4O4/c29-14-13-28-16-25-20-6-5-19(15-21(20)28)17-1-3-18(4-2-17)22(30)26-9-11-27(12-10-26)23(31)24(32)7-8-24/h1-6,15-16,23,29,31-32H,7-14H2. The quantitative estimate of drug-likeness (QED) is 0.538. The summed E-state index contributed by atoms with van der Waals surface area (Å²) < 4.78 is 1.93. The van der Waals surface area contributed by atoms with Crippen LogP contribution in [0.4, 0.5) is 0 Å². The van der Waals surface area contributed by atoms with E-state index in [9.17, 15) is 20.1 Å². The molecule has 2 fully saturated rings. The summed E-state index contributed by atoms with van der Waals surface area (Å²) in [6, 6.07) is 13.6. The minimum atomic E-state index is -0.958. The van der Waals surface area contributed by atoms with Crippen LogP contribution in [-0.4, -0.2) is 85.2 Å². The van der Waals surface area contributed by atoms with Gasteiger partial charge in [-0.1, -0.05) is 18.2 Å². The lowest BCUT2D eigenvalue weighted by molar-refractivity contribution is -0.108. The fourth-order valence-electron chi connectivity index (χ4n) is 4.41. The number of aliphatic hydroxyl groups excluding tert-OH is 2. The molecule has 1 unspecified atom stereocenters. The van der Waals surface area contributed by atoms with Gasteiger partial charge in [0.2, 0.25) is 0 Å². The summed E-state index contributed by atoms with van der Waals surface area (Å²) in [6.07, 6.45) is 2.16. The maximum Gasteiger partial charge on any atom is 0.253 e. The molecule has 2 aliphatic rings. The van der Waals surface area contributed by atoms with Gasteiger partial charge >= 0.3 is 0 Å².